The minimum absolute atomic E-state index is 0.0896. The number of hydrogen-bond acceptors (Lipinski definition) is 6. The number of amides is 1. The predicted molar refractivity (Wildman–Crippen MR) is 122 cm³/mol. The maximum absolute atomic E-state index is 11.2. The highest BCUT2D eigenvalue weighted by atomic mass is 35.5. The van der Waals surface area contributed by atoms with E-state index in [-0.39, 0.29) is 5.91 Å². The van der Waals surface area contributed by atoms with Gasteiger partial charge in [0.15, 0.2) is 0 Å². The van der Waals surface area contributed by atoms with Gasteiger partial charge in [0.25, 0.3) is 0 Å². The highest BCUT2D eigenvalue weighted by molar-refractivity contribution is 6.30. The van der Waals surface area contributed by atoms with Crippen molar-refractivity contribution in [3.63, 3.8) is 0 Å². The SMILES string of the molecule is CO[C@@H]1[C@@H](O)[C@@H](O)[C@H](Oc2ccc(CCNC(C)=O)c(-c3cccc(Cl)c3)c2)OC1(C)C. The zero-order valence-corrected chi connectivity index (χ0v) is 19.4. The predicted octanol–water partition coefficient (Wildman–Crippen LogP) is 2.94. The van der Waals surface area contributed by atoms with Crippen molar-refractivity contribution in [3.8, 4) is 16.9 Å². The number of aliphatic hydroxyl groups excluding tert-OH is 2. The lowest BCUT2D eigenvalue weighted by Gasteiger charge is -2.46. The molecule has 1 saturated heterocycles. The van der Waals surface area contributed by atoms with Gasteiger partial charge in [0.05, 0.1) is 5.60 Å². The van der Waals surface area contributed by atoms with Crippen LogP contribution in [0.3, 0.4) is 0 Å². The van der Waals surface area contributed by atoms with Crippen LogP contribution >= 0.6 is 11.6 Å². The molecule has 0 unspecified atom stereocenters. The van der Waals surface area contributed by atoms with E-state index in [1.165, 1.54) is 14.0 Å². The largest absolute Gasteiger partial charge is 0.462 e. The summed E-state index contributed by atoms with van der Waals surface area (Å²) in [6, 6.07) is 13.0. The maximum atomic E-state index is 11.2. The van der Waals surface area contributed by atoms with Crippen LogP contribution in [0.15, 0.2) is 42.5 Å². The molecular formula is C24H30ClNO6. The number of carbonyl (C=O) groups excluding carboxylic acids is 1. The highest BCUT2D eigenvalue weighted by Crippen LogP contribution is 2.35. The van der Waals surface area contributed by atoms with Crippen LogP contribution in [-0.2, 0) is 20.7 Å². The van der Waals surface area contributed by atoms with Crippen molar-refractivity contribution < 1.29 is 29.2 Å². The Labute approximate surface area is 193 Å². The van der Waals surface area contributed by atoms with E-state index < -0.39 is 30.2 Å². The van der Waals surface area contributed by atoms with Gasteiger partial charge in [0, 0.05) is 25.6 Å². The van der Waals surface area contributed by atoms with Gasteiger partial charge >= 0.3 is 0 Å². The summed E-state index contributed by atoms with van der Waals surface area (Å²) < 4.78 is 17.2. The third-order valence-corrected chi connectivity index (χ3v) is 5.77. The number of hydrogen-bond donors (Lipinski definition) is 3. The second-order valence-electron chi connectivity index (χ2n) is 8.41. The lowest BCUT2D eigenvalue weighted by atomic mass is 9.89. The van der Waals surface area contributed by atoms with Gasteiger partial charge in [-0.25, -0.2) is 0 Å². The lowest BCUT2D eigenvalue weighted by molar-refractivity contribution is -0.305. The molecule has 7 nitrogen and oxygen atoms in total. The first kappa shape index (κ1) is 24.5. The Balaban J connectivity index is 1.89. The summed E-state index contributed by atoms with van der Waals surface area (Å²) in [7, 11) is 1.46. The molecule has 32 heavy (non-hydrogen) atoms. The molecule has 3 rings (SSSR count). The number of methoxy groups -OCH3 is 1. The topological polar surface area (TPSA) is 97.3 Å². The number of halogens is 1. The number of ether oxygens (including phenoxy) is 3. The van der Waals surface area contributed by atoms with Crippen LogP contribution in [0, 0.1) is 0 Å². The molecular weight excluding hydrogens is 434 g/mol. The maximum Gasteiger partial charge on any atom is 0.229 e. The Morgan fingerprint density at radius 1 is 1.19 bits per heavy atom. The third kappa shape index (κ3) is 5.60. The van der Waals surface area contributed by atoms with Crippen LogP contribution in [0.4, 0.5) is 0 Å². The van der Waals surface area contributed by atoms with E-state index in [2.05, 4.69) is 5.32 Å². The zero-order valence-electron chi connectivity index (χ0n) is 18.7. The number of nitrogens with one attached hydrogen (secondary N) is 1. The van der Waals surface area contributed by atoms with Crippen LogP contribution in [0.1, 0.15) is 26.3 Å². The second-order valence-corrected chi connectivity index (χ2v) is 8.84. The van der Waals surface area contributed by atoms with Crippen molar-refractivity contribution >= 4 is 17.5 Å². The Morgan fingerprint density at radius 2 is 1.94 bits per heavy atom. The van der Waals surface area contributed by atoms with E-state index in [0.717, 1.165) is 16.7 Å². The van der Waals surface area contributed by atoms with Gasteiger partial charge < -0.3 is 29.7 Å². The molecule has 174 valence electrons. The summed E-state index contributed by atoms with van der Waals surface area (Å²) in [6.45, 7) is 5.52. The van der Waals surface area contributed by atoms with Crippen molar-refractivity contribution in [3.05, 3.63) is 53.1 Å². The van der Waals surface area contributed by atoms with Gasteiger partial charge in [-0.05, 0) is 61.2 Å². The first-order chi connectivity index (χ1) is 15.1. The van der Waals surface area contributed by atoms with Crippen molar-refractivity contribution in [2.24, 2.45) is 0 Å². The minimum atomic E-state index is -1.29. The molecule has 0 bridgehead atoms. The lowest BCUT2D eigenvalue weighted by Crippen LogP contribution is -2.63. The van der Waals surface area contributed by atoms with Crippen LogP contribution in [-0.4, -0.2) is 60.0 Å². The molecule has 0 aromatic heterocycles. The van der Waals surface area contributed by atoms with E-state index in [9.17, 15) is 15.0 Å². The third-order valence-electron chi connectivity index (χ3n) is 5.54. The fraction of sp³-hybridized carbons (Fsp3) is 0.458. The van der Waals surface area contributed by atoms with Crippen molar-refractivity contribution in [1.82, 2.24) is 5.32 Å². The molecule has 0 saturated carbocycles. The molecule has 8 heteroatoms. The molecule has 0 spiro atoms. The van der Waals surface area contributed by atoms with Crippen LogP contribution < -0.4 is 10.1 Å². The van der Waals surface area contributed by atoms with Gasteiger partial charge in [-0.1, -0.05) is 29.8 Å². The Kier molecular flexibility index (Phi) is 7.79. The number of carbonyl (C=O) groups is 1. The zero-order chi connectivity index (χ0) is 23.5. The highest BCUT2D eigenvalue weighted by Gasteiger charge is 2.50. The van der Waals surface area contributed by atoms with Crippen molar-refractivity contribution in [1.29, 1.82) is 0 Å². The molecule has 2 aromatic rings. The van der Waals surface area contributed by atoms with E-state index in [1.807, 2.05) is 30.3 Å². The van der Waals surface area contributed by atoms with E-state index in [0.29, 0.717) is 23.7 Å². The smallest absolute Gasteiger partial charge is 0.229 e. The normalized spacial score (nSPS) is 24.7. The van der Waals surface area contributed by atoms with E-state index in [4.69, 9.17) is 25.8 Å². The van der Waals surface area contributed by atoms with Crippen LogP contribution in [0.25, 0.3) is 11.1 Å². The molecule has 1 aliphatic heterocycles. The number of benzene rings is 2. The average Bonchev–Trinajstić information content (AvgIpc) is 2.72. The monoisotopic (exact) mass is 463 g/mol. The molecule has 1 aliphatic rings. The van der Waals surface area contributed by atoms with Crippen LogP contribution in [0.5, 0.6) is 5.75 Å². The Bertz CT molecular complexity index is 950. The Morgan fingerprint density at radius 3 is 2.59 bits per heavy atom. The van der Waals surface area contributed by atoms with Crippen LogP contribution in [0.2, 0.25) is 5.02 Å². The van der Waals surface area contributed by atoms with Gasteiger partial charge in [-0.3, -0.25) is 4.79 Å². The standard InChI is InChI=1S/C24H30ClNO6/c1-14(27)26-11-10-15-8-9-18(13-19(15)16-6-5-7-17(25)12-16)31-23-21(29)20(28)22(30-4)24(2,3)32-23/h5-9,12-13,20-23,28-29H,10-11H2,1-4H3,(H,26,27)/t20-,21+,22+,23+/m0/s1. The molecule has 1 amide bonds. The molecule has 3 N–H and O–H groups in total. The average molecular weight is 464 g/mol. The molecule has 0 radical (unpaired) electrons. The summed E-state index contributed by atoms with van der Waals surface area (Å²) in [5.41, 5.74) is 1.91. The summed E-state index contributed by atoms with van der Waals surface area (Å²) in [6.07, 6.45) is -3.62. The fourth-order valence-electron chi connectivity index (χ4n) is 3.98. The van der Waals surface area contributed by atoms with Gasteiger partial charge in [-0.15, -0.1) is 0 Å². The number of aliphatic hydroxyl groups is 2. The van der Waals surface area contributed by atoms with Gasteiger partial charge in [0.2, 0.25) is 12.2 Å². The minimum Gasteiger partial charge on any atom is -0.462 e. The molecule has 2 aromatic carbocycles. The van der Waals surface area contributed by atoms with Crippen molar-refractivity contribution in [2.75, 3.05) is 13.7 Å². The van der Waals surface area contributed by atoms with Crippen molar-refractivity contribution in [2.45, 2.75) is 57.4 Å². The number of rotatable bonds is 7. The first-order valence-electron chi connectivity index (χ1n) is 10.5. The molecule has 4 atom stereocenters. The summed E-state index contributed by atoms with van der Waals surface area (Å²) in [4.78, 5) is 11.2. The quantitative estimate of drug-likeness (QED) is 0.584. The molecule has 0 aliphatic carbocycles. The molecule has 1 fully saturated rings. The Hall–Kier alpha value is -2.16. The first-order valence-corrected chi connectivity index (χ1v) is 10.9. The summed E-state index contributed by atoms with van der Waals surface area (Å²) in [5, 5.41) is 24.4. The van der Waals surface area contributed by atoms with Gasteiger partial charge in [-0.2, -0.15) is 0 Å². The van der Waals surface area contributed by atoms with Gasteiger partial charge in [0.1, 0.15) is 24.1 Å². The van der Waals surface area contributed by atoms with E-state index in [1.54, 1.807) is 26.0 Å². The fourth-order valence-corrected chi connectivity index (χ4v) is 4.17. The summed E-state index contributed by atoms with van der Waals surface area (Å²) >= 11 is 6.20. The van der Waals surface area contributed by atoms with E-state index >= 15 is 0 Å². The molecule has 1 heterocycles. The second kappa shape index (κ2) is 10.2. The summed E-state index contributed by atoms with van der Waals surface area (Å²) in [5.74, 6) is 0.374.